The Kier molecular flexibility index (Phi) is 23.3. The van der Waals surface area contributed by atoms with E-state index in [4.69, 9.17) is 0 Å². The highest BCUT2D eigenvalue weighted by atomic mass is 14.2. The average Bonchev–Trinajstić information content (AvgIpc) is 2.70. The molecule has 0 saturated carbocycles. The van der Waals surface area contributed by atoms with E-state index in [1.165, 1.54) is 135 Å². The first-order valence-corrected chi connectivity index (χ1v) is 13.6. The van der Waals surface area contributed by atoms with Gasteiger partial charge in [0.05, 0.1) is 0 Å². The van der Waals surface area contributed by atoms with Crippen LogP contribution in [0, 0.1) is 18.3 Å². The molecule has 1 radical (unpaired) electrons. The average molecular weight is 394 g/mol. The molecule has 1 atom stereocenters. The predicted octanol–water partition coefficient (Wildman–Crippen LogP) is 10.7. The summed E-state index contributed by atoms with van der Waals surface area (Å²) in [6, 6.07) is 0. The molecule has 0 saturated heterocycles. The van der Waals surface area contributed by atoms with E-state index in [1.807, 2.05) is 0 Å². The third-order valence-corrected chi connectivity index (χ3v) is 6.51. The van der Waals surface area contributed by atoms with Gasteiger partial charge in [0.2, 0.25) is 0 Å². The van der Waals surface area contributed by atoms with Gasteiger partial charge in [0.25, 0.3) is 0 Å². The Hall–Kier alpha value is 0. The van der Waals surface area contributed by atoms with Gasteiger partial charge in [-0.2, -0.15) is 0 Å². The molecular weight excluding hydrogens is 336 g/mol. The fourth-order valence-corrected chi connectivity index (χ4v) is 4.57. The Morgan fingerprint density at radius 1 is 0.357 bits per heavy atom. The highest BCUT2D eigenvalue weighted by Gasteiger charge is 2.17. The molecule has 0 N–H and O–H groups in total. The molecule has 0 amide bonds. The van der Waals surface area contributed by atoms with E-state index in [0.717, 1.165) is 11.8 Å². The van der Waals surface area contributed by atoms with Gasteiger partial charge in [-0.15, -0.1) is 0 Å². The minimum absolute atomic E-state index is 0.903. The fourth-order valence-electron chi connectivity index (χ4n) is 4.57. The maximum atomic E-state index is 2.86. The second-order valence-electron chi connectivity index (χ2n) is 9.46. The van der Waals surface area contributed by atoms with Crippen LogP contribution in [-0.2, 0) is 0 Å². The molecule has 28 heavy (non-hydrogen) atoms. The summed E-state index contributed by atoms with van der Waals surface area (Å²) < 4.78 is 0. The summed E-state index contributed by atoms with van der Waals surface area (Å²) >= 11 is 0. The number of hydrogen-bond donors (Lipinski definition) is 0. The van der Waals surface area contributed by atoms with Crippen molar-refractivity contribution in [3.8, 4) is 0 Å². The van der Waals surface area contributed by atoms with Crippen molar-refractivity contribution in [2.75, 3.05) is 0 Å². The normalized spacial score (nSPS) is 12.8. The maximum absolute atomic E-state index is 2.86. The van der Waals surface area contributed by atoms with Crippen LogP contribution >= 0.6 is 0 Å². The van der Waals surface area contributed by atoms with Crippen LogP contribution in [0.1, 0.15) is 163 Å². The lowest BCUT2D eigenvalue weighted by atomic mass is 9.82. The van der Waals surface area contributed by atoms with Crippen molar-refractivity contribution in [2.24, 2.45) is 11.8 Å². The topological polar surface area (TPSA) is 0 Å². The van der Waals surface area contributed by atoms with E-state index in [0.29, 0.717) is 0 Å². The van der Waals surface area contributed by atoms with Gasteiger partial charge in [-0.1, -0.05) is 163 Å². The molecule has 0 fully saturated rings. The molecule has 0 aromatic carbocycles. The zero-order valence-electron chi connectivity index (χ0n) is 20.6. The van der Waals surface area contributed by atoms with Crippen molar-refractivity contribution in [3.63, 3.8) is 0 Å². The summed E-state index contributed by atoms with van der Waals surface area (Å²) in [5.41, 5.74) is 0. The van der Waals surface area contributed by atoms with Crippen molar-refractivity contribution in [2.45, 2.75) is 163 Å². The van der Waals surface area contributed by atoms with Gasteiger partial charge in [0.15, 0.2) is 0 Å². The summed E-state index contributed by atoms with van der Waals surface area (Å²) in [5, 5.41) is 0. The van der Waals surface area contributed by atoms with Crippen molar-refractivity contribution < 1.29 is 0 Å². The van der Waals surface area contributed by atoms with Crippen molar-refractivity contribution in [1.29, 1.82) is 0 Å². The smallest absolute Gasteiger partial charge is 0.0324 e. The highest BCUT2D eigenvalue weighted by molar-refractivity contribution is 4.84. The number of hydrogen-bond acceptors (Lipinski definition) is 0. The van der Waals surface area contributed by atoms with E-state index in [1.54, 1.807) is 0 Å². The van der Waals surface area contributed by atoms with Gasteiger partial charge in [-0.3, -0.25) is 0 Å². The van der Waals surface area contributed by atoms with Gasteiger partial charge in [0, 0.05) is 0 Å². The van der Waals surface area contributed by atoms with Crippen LogP contribution in [0.25, 0.3) is 0 Å². The maximum Gasteiger partial charge on any atom is -0.0324 e. The standard InChI is InChI=1S/C28H57/c1-5-9-13-17-21-25-28(24-20-16-12-8-4)26-27(22-18-14-10-6-2)23-19-15-11-7-3/h26-28H,5-25H2,1-4H3. The first-order chi connectivity index (χ1) is 13.8. The second-order valence-corrected chi connectivity index (χ2v) is 9.46. The molecule has 169 valence electrons. The van der Waals surface area contributed by atoms with Crippen LogP contribution in [0.15, 0.2) is 0 Å². The van der Waals surface area contributed by atoms with Crippen LogP contribution in [0.5, 0.6) is 0 Å². The SMILES string of the molecule is CCCCCCCC([CH]C(CCCCCC)CCCCCC)CCCCCC. The van der Waals surface area contributed by atoms with Crippen LogP contribution in [0.3, 0.4) is 0 Å². The fraction of sp³-hybridized carbons (Fsp3) is 0.964. The Morgan fingerprint density at radius 2 is 0.607 bits per heavy atom. The van der Waals surface area contributed by atoms with E-state index < -0.39 is 0 Å². The molecule has 0 bridgehead atoms. The van der Waals surface area contributed by atoms with Crippen LogP contribution in [0.4, 0.5) is 0 Å². The second kappa shape index (κ2) is 23.3. The zero-order chi connectivity index (χ0) is 20.7. The number of unbranched alkanes of at least 4 members (excludes halogenated alkanes) is 13. The molecule has 1 unspecified atom stereocenters. The first-order valence-electron chi connectivity index (χ1n) is 13.6. The first kappa shape index (κ1) is 28.0. The quantitative estimate of drug-likeness (QED) is 0.151. The Bertz CT molecular complexity index is 257. The summed E-state index contributed by atoms with van der Waals surface area (Å²) in [4.78, 5) is 0. The minimum Gasteiger partial charge on any atom is -0.0654 e. The molecule has 0 heterocycles. The molecular formula is C28H57. The zero-order valence-corrected chi connectivity index (χ0v) is 20.6. The summed E-state index contributed by atoms with van der Waals surface area (Å²) in [6.07, 6.45) is 33.0. The van der Waals surface area contributed by atoms with E-state index in [-0.39, 0.29) is 0 Å². The summed E-state index contributed by atoms with van der Waals surface area (Å²) in [6.45, 7) is 9.32. The largest absolute Gasteiger partial charge is 0.0654 e. The third-order valence-electron chi connectivity index (χ3n) is 6.51. The van der Waals surface area contributed by atoms with E-state index >= 15 is 0 Å². The van der Waals surface area contributed by atoms with Gasteiger partial charge in [0.1, 0.15) is 0 Å². The molecule has 0 aliphatic carbocycles. The van der Waals surface area contributed by atoms with E-state index in [2.05, 4.69) is 34.1 Å². The molecule has 0 aliphatic heterocycles. The molecule has 0 aromatic heterocycles. The Morgan fingerprint density at radius 3 is 0.893 bits per heavy atom. The van der Waals surface area contributed by atoms with Gasteiger partial charge >= 0.3 is 0 Å². The molecule has 0 aliphatic rings. The van der Waals surface area contributed by atoms with Crippen molar-refractivity contribution >= 4 is 0 Å². The van der Waals surface area contributed by atoms with Crippen LogP contribution < -0.4 is 0 Å². The predicted molar refractivity (Wildman–Crippen MR) is 131 cm³/mol. The molecule has 0 rings (SSSR count). The Labute approximate surface area is 181 Å². The highest BCUT2D eigenvalue weighted by Crippen LogP contribution is 2.30. The van der Waals surface area contributed by atoms with Crippen LogP contribution in [0.2, 0.25) is 0 Å². The summed E-state index contributed by atoms with van der Waals surface area (Å²) in [7, 11) is 0. The lowest BCUT2D eigenvalue weighted by molar-refractivity contribution is 0.366. The minimum atomic E-state index is 0.903. The lowest BCUT2D eigenvalue weighted by Crippen LogP contribution is -2.11. The van der Waals surface area contributed by atoms with Crippen molar-refractivity contribution in [3.05, 3.63) is 6.42 Å². The van der Waals surface area contributed by atoms with Gasteiger partial charge in [-0.05, 0) is 18.3 Å². The monoisotopic (exact) mass is 393 g/mol. The molecule has 0 heteroatoms. The number of rotatable bonds is 23. The van der Waals surface area contributed by atoms with Gasteiger partial charge in [-0.25, -0.2) is 0 Å². The van der Waals surface area contributed by atoms with E-state index in [9.17, 15) is 0 Å². The van der Waals surface area contributed by atoms with Crippen LogP contribution in [-0.4, -0.2) is 0 Å². The molecule has 0 spiro atoms. The summed E-state index contributed by atoms with van der Waals surface area (Å²) in [5.74, 6) is 1.81. The third kappa shape index (κ3) is 19.3. The lowest BCUT2D eigenvalue weighted by Gasteiger charge is -2.24. The Balaban J connectivity index is 4.44. The molecule has 0 aromatic rings. The molecule has 0 nitrogen and oxygen atoms in total. The van der Waals surface area contributed by atoms with Crippen molar-refractivity contribution in [1.82, 2.24) is 0 Å². The van der Waals surface area contributed by atoms with Gasteiger partial charge < -0.3 is 0 Å².